The number of carbonyl (C=O) groups is 1. The molecule has 0 amide bonds. The molecule has 94 valence electrons. The lowest BCUT2D eigenvalue weighted by molar-refractivity contribution is -0.141. The summed E-state index contributed by atoms with van der Waals surface area (Å²) in [5.41, 5.74) is -0.970. The Hall–Kier alpha value is -2.38. The van der Waals surface area contributed by atoms with Crippen LogP contribution in [0.5, 0.6) is 0 Å². The second-order valence-electron chi connectivity index (χ2n) is 3.35. The second kappa shape index (κ2) is 4.13. The number of hydrogen-bond acceptors (Lipinski definition) is 3. The van der Waals surface area contributed by atoms with Crippen molar-refractivity contribution in [2.45, 2.75) is 6.18 Å². The number of carboxylic acids is 1. The van der Waals surface area contributed by atoms with Gasteiger partial charge in [0, 0.05) is 6.20 Å². The lowest BCUT2D eigenvalue weighted by Gasteiger charge is -2.02. The van der Waals surface area contributed by atoms with Gasteiger partial charge in [-0.05, 0) is 18.2 Å². The Bertz CT molecular complexity index is 575. The zero-order valence-electron chi connectivity index (χ0n) is 8.72. The summed E-state index contributed by atoms with van der Waals surface area (Å²) in [4.78, 5) is 14.1. The summed E-state index contributed by atoms with van der Waals surface area (Å²) in [6, 6.07) is 3.33. The number of carboxylic acid groups (broad SMARTS) is 1. The van der Waals surface area contributed by atoms with Gasteiger partial charge in [-0.1, -0.05) is 0 Å². The first-order valence-corrected chi connectivity index (χ1v) is 4.70. The van der Waals surface area contributed by atoms with Gasteiger partial charge >= 0.3 is 12.1 Å². The minimum absolute atomic E-state index is 0.193. The molecule has 2 aromatic heterocycles. The maximum atomic E-state index is 12.3. The molecule has 0 aliphatic carbocycles. The third-order valence-electron chi connectivity index (χ3n) is 2.11. The molecule has 8 heteroatoms. The molecule has 0 aromatic carbocycles. The second-order valence-corrected chi connectivity index (χ2v) is 3.35. The van der Waals surface area contributed by atoms with Gasteiger partial charge in [0.1, 0.15) is 5.69 Å². The molecule has 0 aliphatic heterocycles. The molecular weight excluding hydrogens is 251 g/mol. The van der Waals surface area contributed by atoms with Gasteiger partial charge in [-0.2, -0.15) is 18.3 Å². The Morgan fingerprint density at radius 1 is 1.28 bits per heavy atom. The molecule has 0 unspecified atom stereocenters. The van der Waals surface area contributed by atoms with E-state index >= 15 is 0 Å². The molecule has 0 aliphatic rings. The lowest BCUT2D eigenvalue weighted by atomic mass is 10.3. The molecule has 2 aromatic rings. The Labute approximate surface area is 98.5 Å². The van der Waals surface area contributed by atoms with Crippen molar-refractivity contribution in [1.82, 2.24) is 14.8 Å². The predicted octanol–water partition coefficient (Wildman–Crippen LogP) is 1.98. The number of hydrogen-bond donors (Lipinski definition) is 1. The summed E-state index contributed by atoms with van der Waals surface area (Å²) in [7, 11) is 0. The molecule has 1 N–H and O–H groups in total. The first kappa shape index (κ1) is 12.1. The van der Waals surface area contributed by atoms with E-state index < -0.39 is 17.8 Å². The Balaban J connectivity index is 2.32. The van der Waals surface area contributed by atoms with Crippen LogP contribution in [0.1, 0.15) is 16.2 Å². The predicted molar refractivity (Wildman–Crippen MR) is 53.3 cm³/mol. The van der Waals surface area contributed by atoms with Gasteiger partial charge in [-0.25, -0.2) is 14.5 Å². The quantitative estimate of drug-likeness (QED) is 0.893. The molecule has 2 heterocycles. The zero-order chi connectivity index (χ0) is 13.3. The summed E-state index contributed by atoms with van der Waals surface area (Å²) < 4.78 is 37.9. The van der Waals surface area contributed by atoms with E-state index in [4.69, 9.17) is 5.11 Å². The van der Waals surface area contributed by atoms with Gasteiger partial charge in [0.25, 0.3) is 0 Å². The highest BCUT2D eigenvalue weighted by Crippen LogP contribution is 2.27. The Kier molecular flexibility index (Phi) is 2.77. The first-order chi connectivity index (χ1) is 8.38. The van der Waals surface area contributed by atoms with Gasteiger partial charge in [0.15, 0.2) is 5.69 Å². The molecule has 0 atom stereocenters. The van der Waals surface area contributed by atoms with Crippen molar-refractivity contribution in [3.05, 3.63) is 42.0 Å². The van der Waals surface area contributed by atoms with E-state index in [9.17, 15) is 18.0 Å². The summed E-state index contributed by atoms with van der Waals surface area (Å²) in [5.74, 6) is -1.21. The first-order valence-electron chi connectivity index (χ1n) is 4.70. The van der Waals surface area contributed by atoms with Crippen LogP contribution in [-0.4, -0.2) is 25.8 Å². The molecule has 0 radical (unpaired) electrons. The van der Waals surface area contributed by atoms with Crippen molar-refractivity contribution in [3.63, 3.8) is 0 Å². The van der Waals surface area contributed by atoms with Crippen LogP contribution < -0.4 is 0 Å². The summed E-state index contributed by atoms with van der Waals surface area (Å²) in [6.45, 7) is 0. The fraction of sp³-hybridized carbons (Fsp3) is 0.100. The molecule has 0 spiro atoms. The number of pyridine rings is 1. The van der Waals surface area contributed by atoms with E-state index in [1.165, 1.54) is 12.1 Å². The van der Waals surface area contributed by atoms with Crippen molar-refractivity contribution >= 4 is 5.97 Å². The maximum absolute atomic E-state index is 12.3. The Morgan fingerprint density at radius 2 is 2.00 bits per heavy atom. The average Bonchev–Trinajstić information content (AvgIpc) is 2.78. The van der Waals surface area contributed by atoms with Crippen LogP contribution >= 0.6 is 0 Å². The number of alkyl halides is 3. The van der Waals surface area contributed by atoms with E-state index in [1.54, 1.807) is 0 Å². The van der Waals surface area contributed by atoms with Gasteiger partial charge < -0.3 is 5.11 Å². The van der Waals surface area contributed by atoms with Crippen LogP contribution in [0.3, 0.4) is 0 Å². The van der Waals surface area contributed by atoms with Gasteiger partial charge in [-0.3, -0.25) is 0 Å². The van der Waals surface area contributed by atoms with Crippen LogP contribution in [0.15, 0.2) is 30.6 Å². The zero-order valence-corrected chi connectivity index (χ0v) is 8.72. The average molecular weight is 257 g/mol. The molecule has 0 saturated heterocycles. The lowest BCUT2D eigenvalue weighted by Crippen LogP contribution is -2.07. The van der Waals surface area contributed by atoms with Crippen LogP contribution in [0, 0.1) is 0 Å². The Morgan fingerprint density at radius 3 is 2.44 bits per heavy atom. The molecule has 5 nitrogen and oxygen atoms in total. The molecule has 0 bridgehead atoms. The largest absolute Gasteiger partial charge is 0.477 e. The third-order valence-corrected chi connectivity index (χ3v) is 2.11. The van der Waals surface area contributed by atoms with Crippen LogP contribution in [0.4, 0.5) is 13.2 Å². The highest BCUT2D eigenvalue weighted by molar-refractivity contribution is 5.85. The topological polar surface area (TPSA) is 68.0 Å². The third kappa shape index (κ3) is 2.31. The molecule has 18 heavy (non-hydrogen) atoms. The van der Waals surface area contributed by atoms with Crippen molar-refractivity contribution in [1.29, 1.82) is 0 Å². The fourth-order valence-corrected chi connectivity index (χ4v) is 1.27. The van der Waals surface area contributed by atoms with Crippen molar-refractivity contribution in [2.24, 2.45) is 0 Å². The fourth-order valence-electron chi connectivity index (χ4n) is 1.27. The van der Waals surface area contributed by atoms with Crippen molar-refractivity contribution in [2.75, 3.05) is 0 Å². The van der Waals surface area contributed by atoms with E-state index in [0.717, 1.165) is 23.1 Å². The van der Waals surface area contributed by atoms with Gasteiger partial charge in [0.05, 0.1) is 11.9 Å². The highest BCUT2D eigenvalue weighted by Gasteiger charge is 2.33. The number of rotatable bonds is 2. The van der Waals surface area contributed by atoms with Crippen LogP contribution in [0.2, 0.25) is 0 Å². The summed E-state index contributed by atoms with van der Waals surface area (Å²) in [5, 5.41) is 12.0. The van der Waals surface area contributed by atoms with E-state index in [-0.39, 0.29) is 11.4 Å². The number of aromatic nitrogens is 3. The number of aromatic carboxylic acids is 1. The van der Waals surface area contributed by atoms with Gasteiger partial charge in [-0.15, -0.1) is 0 Å². The van der Waals surface area contributed by atoms with E-state index in [0.29, 0.717) is 0 Å². The minimum Gasteiger partial charge on any atom is -0.477 e. The summed E-state index contributed by atoms with van der Waals surface area (Å²) >= 11 is 0. The van der Waals surface area contributed by atoms with Crippen LogP contribution in [0.25, 0.3) is 5.69 Å². The van der Waals surface area contributed by atoms with Crippen molar-refractivity contribution in [3.8, 4) is 5.69 Å². The maximum Gasteiger partial charge on any atom is 0.435 e. The number of halogens is 3. The van der Waals surface area contributed by atoms with Crippen LogP contribution in [-0.2, 0) is 6.18 Å². The van der Waals surface area contributed by atoms with E-state index in [2.05, 4.69) is 10.1 Å². The number of nitrogens with zero attached hydrogens (tertiary/aromatic N) is 3. The van der Waals surface area contributed by atoms with Crippen molar-refractivity contribution < 1.29 is 23.1 Å². The highest BCUT2D eigenvalue weighted by atomic mass is 19.4. The van der Waals surface area contributed by atoms with Gasteiger partial charge in [0.2, 0.25) is 0 Å². The summed E-state index contributed by atoms with van der Waals surface area (Å²) in [6.07, 6.45) is -2.25. The molecule has 2 rings (SSSR count). The smallest absolute Gasteiger partial charge is 0.435 e. The molecule has 0 fully saturated rings. The molecular formula is C10H6F3N3O2. The SMILES string of the molecule is O=C(O)c1ccc(-n2ccc(C(F)(F)F)n2)cn1. The standard InChI is InChI=1S/C10H6F3N3O2/c11-10(12,13)8-3-4-16(15-8)6-1-2-7(9(17)18)14-5-6/h1-5H,(H,17,18). The minimum atomic E-state index is -4.51. The normalized spacial score (nSPS) is 11.5. The van der Waals surface area contributed by atoms with E-state index in [1.807, 2.05) is 0 Å². The monoisotopic (exact) mass is 257 g/mol. The molecule has 0 saturated carbocycles.